The molecule has 0 aliphatic rings. The Labute approximate surface area is 195 Å². The molecule has 176 valence electrons. The normalized spacial score (nSPS) is 18.8. The van der Waals surface area contributed by atoms with Crippen LogP contribution in [0.25, 0.3) is 0 Å². The molecule has 0 saturated carbocycles. The highest BCUT2D eigenvalue weighted by Gasteiger charge is 2.29. The van der Waals surface area contributed by atoms with Crippen LogP contribution in [0.2, 0.25) is 0 Å². The van der Waals surface area contributed by atoms with Crippen LogP contribution in [0.1, 0.15) is 94.9 Å². The van der Waals surface area contributed by atoms with Gasteiger partial charge in [0.05, 0.1) is 24.3 Å². The third kappa shape index (κ3) is 12.1. The predicted octanol–water partition coefficient (Wildman–Crippen LogP) is 6.92. The first-order valence-electron chi connectivity index (χ1n) is 11.1. The molecule has 0 amide bonds. The largest absolute Gasteiger partial charge is 0.196 e. The summed E-state index contributed by atoms with van der Waals surface area (Å²) >= 11 is 0. The second kappa shape index (κ2) is 13.5. The summed E-state index contributed by atoms with van der Waals surface area (Å²) < 4.78 is 0. The van der Waals surface area contributed by atoms with Crippen LogP contribution >= 0.6 is 0 Å². The molecule has 32 heavy (non-hydrogen) atoms. The third-order valence-electron chi connectivity index (χ3n) is 4.93. The summed E-state index contributed by atoms with van der Waals surface area (Å²) in [6.45, 7) is 18.9. The van der Waals surface area contributed by atoms with Crippen molar-refractivity contribution in [2.45, 2.75) is 117 Å². The number of hydrogen-bond donors (Lipinski definition) is 0. The molecule has 0 aromatic rings. The number of nitrogens with zero attached hydrogens (tertiary/aromatic N) is 8. The van der Waals surface area contributed by atoms with E-state index < -0.39 is 22.2 Å². The highest BCUT2D eigenvalue weighted by molar-refractivity contribution is 5.08. The van der Waals surface area contributed by atoms with Gasteiger partial charge < -0.3 is 0 Å². The minimum atomic E-state index is -0.830. The summed E-state index contributed by atoms with van der Waals surface area (Å²) in [7, 11) is 0. The van der Waals surface area contributed by atoms with E-state index in [0.717, 1.165) is 0 Å². The molecule has 0 aliphatic carbocycles. The number of azo groups is 2. The first-order chi connectivity index (χ1) is 14.6. The fourth-order valence-corrected chi connectivity index (χ4v) is 2.59. The van der Waals surface area contributed by atoms with E-state index in [4.69, 9.17) is 10.5 Å². The third-order valence-corrected chi connectivity index (χ3v) is 4.93. The second-order valence-electron chi connectivity index (χ2n) is 9.85. The van der Waals surface area contributed by atoms with Crippen LogP contribution in [0.5, 0.6) is 0 Å². The summed E-state index contributed by atoms with van der Waals surface area (Å²) in [4.78, 5) is 0. The molecule has 8 nitrogen and oxygen atoms in total. The molecule has 4 unspecified atom stereocenters. The molecule has 0 radical (unpaired) electrons. The van der Waals surface area contributed by atoms with Crippen molar-refractivity contribution >= 4 is 0 Å². The van der Waals surface area contributed by atoms with Crippen LogP contribution in [0.4, 0.5) is 0 Å². The van der Waals surface area contributed by atoms with Gasteiger partial charge in [-0.3, -0.25) is 0 Å². The number of hydrogen-bond acceptors (Lipinski definition) is 8. The van der Waals surface area contributed by atoms with Crippen LogP contribution in [-0.2, 0) is 0 Å². The summed E-state index contributed by atoms with van der Waals surface area (Å²) in [6.07, 6.45) is 2.49. The van der Waals surface area contributed by atoms with Gasteiger partial charge in [-0.2, -0.15) is 41.5 Å². The highest BCUT2D eigenvalue weighted by Crippen LogP contribution is 2.26. The average molecular weight is 441 g/mol. The van der Waals surface area contributed by atoms with E-state index in [1.807, 2.05) is 41.5 Å². The van der Waals surface area contributed by atoms with Crippen molar-refractivity contribution < 1.29 is 0 Å². The van der Waals surface area contributed by atoms with E-state index in [2.05, 4.69) is 44.7 Å². The first kappa shape index (κ1) is 31.3. The Bertz CT molecular complexity index is 738. The maximum atomic E-state index is 9.20. The second-order valence-corrected chi connectivity index (χ2v) is 9.85. The van der Waals surface area contributed by atoms with Crippen molar-refractivity contribution in [3.63, 3.8) is 0 Å². The smallest absolute Gasteiger partial charge is 0.165 e. The van der Waals surface area contributed by atoms with E-state index >= 15 is 0 Å². The summed E-state index contributed by atoms with van der Waals surface area (Å²) in [5, 5.41) is 52.3. The molecule has 8 heteroatoms. The Morgan fingerprint density at radius 3 is 0.906 bits per heavy atom. The van der Waals surface area contributed by atoms with E-state index in [1.54, 1.807) is 27.7 Å². The van der Waals surface area contributed by atoms with Crippen molar-refractivity contribution in [2.24, 2.45) is 32.3 Å². The lowest BCUT2D eigenvalue weighted by Crippen LogP contribution is -2.26. The molecule has 0 saturated heterocycles. The molecule has 4 atom stereocenters. The zero-order chi connectivity index (χ0) is 25.6. The Hall–Kier alpha value is -2.84. The van der Waals surface area contributed by atoms with Crippen molar-refractivity contribution in [1.82, 2.24) is 0 Å². The SMILES string of the molecule is CC(C)CC(C)(C#N)/N=N/C(C)(C#N)CC(C)C.CCC(C)(C#N)/N=N/C(C)(C#N)CC. The maximum Gasteiger partial charge on any atom is 0.165 e. The molecule has 0 aromatic carbocycles. The van der Waals surface area contributed by atoms with Gasteiger partial charge in [0.2, 0.25) is 0 Å². The number of nitriles is 4. The van der Waals surface area contributed by atoms with Gasteiger partial charge in [0.1, 0.15) is 0 Å². The molecule has 0 aromatic heterocycles. The van der Waals surface area contributed by atoms with Gasteiger partial charge in [-0.1, -0.05) is 41.5 Å². The van der Waals surface area contributed by atoms with Crippen molar-refractivity contribution in [3.05, 3.63) is 0 Å². The zero-order valence-electron chi connectivity index (χ0n) is 21.6. The summed E-state index contributed by atoms with van der Waals surface area (Å²) in [6, 6.07) is 8.54. The minimum Gasteiger partial charge on any atom is -0.196 e. The summed E-state index contributed by atoms with van der Waals surface area (Å²) in [5.74, 6) is 0.735. The van der Waals surface area contributed by atoms with Gasteiger partial charge in [-0.05, 0) is 65.2 Å². The lowest BCUT2D eigenvalue weighted by atomic mass is 9.92. The molecule has 0 fully saturated rings. The Morgan fingerprint density at radius 2 is 0.750 bits per heavy atom. The molecular weight excluding hydrogens is 400 g/mol. The van der Waals surface area contributed by atoms with Crippen molar-refractivity contribution in [2.75, 3.05) is 0 Å². The molecule has 0 bridgehead atoms. The van der Waals surface area contributed by atoms with E-state index in [-0.39, 0.29) is 0 Å². The van der Waals surface area contributed by atoms with E-state index in [9.17, 15) is 10.5 Å². The fourth-order valence-electron chi connectivity index (χ4n) is 2.59. The first-order valence-corrected chi connectivity index (χ1v) is 11.1. The standard InChI is InChI=1S/C14H24N4.C10H16N4/c1-11(2)7-13(5,9-15)17-18-14(6,10-16)8-12(3)4;1-5-9(3,7-11)13-14-10(4,6-2)8-12/h11-12H,7-8H2,1-6H3;5-6H2,1-4H3/b18-17+;14-13+. The number of rotatable bonds is 10. The molecule has 0 spiro atoms. The average Bonchev–Trinajstić information content (AvgIpc) is 2.75. The van der Waals surface area contributed by atoms with Gasteiger partial charge in [0, 0.05) is 0 Å². The monoisotopic (exact) mass is 440 g/mol. The van der Waals surface area contributed by atoms with Gasteiger partial charge in [0.15, 0.2) is 22.2 Å². The van der Waals surface area contributed by atoms with Gasteiger partial charge in [0.25, 0.3) is 0 Å². The maximum absolute atomic E-state index is 9.20. The summed E-state index contributed by atoms with van der Waals surface area (Å²) in [5.41, 5.74) is -3.26. The van der Waals surface area contributed by atoms with Crippen LogP contribution in [0, 0.1) is 57.2 Å². The fraction of sp³-hybridized carbons (Fsp3) is 0.833. The minimum absolute atomic E-state index is 0.368. The van der Waals surface area contributed by atoms with Crippen molar-refractivity contribution in [3.8, 4) is 24.3 Å². The van der Waals surface area contributed by atoms with Crippen LogP contribution in [-0.4, -0.2) is 22.2 Å². The lowest BCUT2D eigenvalue weighted by Gasteiger charge is -2.22. The Morgan fingerprint density at radius 1 is 0.531 bits per heavy atom. The van der Waals surface area contributed by atoms with Gasteiger partial charge in [-0.15, -0.1) is 0 Å². The van der Waals surface area contributed by atoms with Gasteiger partial charge in [-0.25, -0.2) is 0 Å². The zero-order valence-corrected chi connectivity index (χ0v) is 21.6. The molecule has 0 N–H and O–H groups in total. The lowest BCUT2D eigenvalue weighted by molar-refractivity contribution is 0.384. The molecular formula is C24H40N8. The van der Waals surface area contributed by atoms with Crippen LogP contribution < -0.4 is 0 Å². The van der Waals surface area contributed by atoms with Crippen LogP contribution in [0.3, 0.4) is 0 Å². The quantitative estimate of drug-likeness (QED) is 0.339. The topological polar surface area (TPSA) is 145 Å². The van der Waals surface area contributed by atoms with E-state index in [0.29, 0.717) is 37.5 Å². The Kier molecular flexibility index (Phi) is 13.3. The van der Waals surface area contributed by atoms with Crippen molar-refractivity contribution in [1.29, 1.82) is 21.0 Å². The predicted molar refractivity (Wildman–Crippen MR) is 125 cm³/mol. The Balaban J connectivity index is 0. The van der Waals surface area contributed by atoms with Gasteiger partial charge >= 0.3 is 0 Å². The van der Waals surface area contributed by atoms with E-state index in [1.165, 1.54) is 0 Å². The molecule has 0 rings (SSSR count). The highest BCUT2D eigenvalue weighted by atomic mass is 15.2. The van der Waals surface area contributed by atoms with Crippen LogP contribution in [0.15, 0.2) is 20.5 Å². The molecule has 0 aliphatic heterocycles. The molecule has 0 heterocycles.